The third-order valence-electron chi connectivity index (χ3n) is 2.38. The first-order valence-corrected chi connectivity index (χ1v) is 6.11. The van der Waals surface area contributed by atoms with Gasteiger partial charge in [0.15, 0.2) is 0 Å². The third kappa shape index (κ3) is 2.92. The Morgan fingerprint density at radius 2 is 2.00 bits per heavy atom. The van der Waals surface area contributed by atoms with Gasteiger partial charge in [-0.1, -0.05) is 28.4 Å². The van der Waals surface area contributed by atoms with Crippen LogP contribution in [0, 0.1) is 6.92 Å². The van der Waals surface area contributed by atoms with Crippen LogP contribution in [0.15, 0.2) is 22.7 Å². The van der Waals surface area contributed by atoms with Crippen LogP contribution in [0.5, 0.6) is 0 Å². The van der Waals surface area contributed by atoms with Crippen LogP contribution in [-0.4, -0.2) is 22.1 Å². The van der Waals surface area contributed by atoms with Crippen LogP contribution in [0.1, 0.15) is 26.6 Å². The Balaban J connectivity index is 2.38. The Morgan fingerprint density at radius 1 is 1.30 bits per heavy atom. The number of carboxylic acid groups (broad SMARTS) is 1. The number of aryl methyl sites for hydroxylation is 1. The first-order chi connectivity index (χ1) is 9.38. The number of benzene rings is 1. The second kappa shape index (κ2) is 5.52. The number of aromatic carboxylic acids is 1. The number of hydrogen-bond donors (Lipinski definition) is 2. The third-order valence-corrected chi connectivity index (χ3v) is 2.89. The van der Waals surface area contributed by atoms with Gasteiger partial charge in [-0.3, -0.25) is 4.79 Å². The number of carbonyl (C=O) groups excluding carboxylic acids is 1. The molecule has 6 nitrogen and oxygen atoms in total. The molecule has 2 N–H and O–H groups in total. The number of nitrogens with zero attached hydrogens (tertiary/aromatic N) is 1. The van der Waals surface area contributed by atoms with Crippen LogP contribution in [-0.2, 0) is 0 Å². The summed E-state index contributed by atoms with van der Waals surface area (Å²) in [5.41, 5.74) is 0.255. The molecular formula is C12H8Cl2N2O4. The van der Waals surface area contributed by atoms with E-state index >= 15 is 0 Å². The van der Waals surface area contributed by atoms with Gasteiger partial charge in [0.1, 0.15) is 0 Å². The molecule has 0 radical (unpaired) electrons. The zero-order valence-corrected chi connectivity index (χ0v) is 11.6. The molecule has 2 rings (SSSR count). The highest BCUT2D eigenvalue weighted by Crippen LogP contribution is 2.30. The standard InChI is InChI=1S/C12H8Cl2N2O4/c1-5-2-9(20-16-5)11(17)15-10-7(12(18)19)3-6(13)4-8(10)14/h2-4H,1H3,(H,15,17)(H,18,19). The number of nitrogens with one attached hydrogen (secondary N) is 1. The van der Waals surface area contributed by atoms with Crippen LogP contribution >= 0.6 is 23.2 Å². The number of hydrogen-bond acceptors (Lipinski definition) is 4. The highest BCUT2D eigenvalue weighted by Gasteiger charge is 2.19. The number of anilines is 1. The molecule has 0 saturated carbocycles. The van der Waals surface area contributed by atoms with Gasteiger partial charge in [0.2, 0.25) is 5.76 Å². The first kappa shape index (κ1) is 14.4. The van der Waals surface area contributed by atoms with E-state index in [9.17, 15) is 9.59 Å². The second-order valence-electron chi connectivity index (χ2n) is 3.90. The molecule has 20 heavy (non-hydrogen) atoms. The van der Waals surface area contributed by atoms with Crippen molar-refractivity contribution in [2.24, 2.45) is 0 Å². The van der Waals surface area contributed by atoms with Gasteiger partial charge in [0.05, 0.1) is 22.0 Å². The molecule has 0 bridgehead atoms. The number of carboxylic acids is 1. The van der Waals surface area contributed by atoms with E-state index in [1.807, 2.05) is 0 Å². The molecule has 0 unspecified atom stereocenters. The molecule has 8 heteroatoms. The highest BCUT2D eigenvalue weighted by atomic mass is 35.5. The molecule has 1 heterocycles. The van der Waals surface area contributed by atoms with Gasteiger partial charge >= 0.3 is 5.97 Å². The Hall–Kier alpha value is -2.05. The van der Waals surface area contributed by atoms with E-state index in [1.165, 1.54) is 18.2 Å². The topological polar surface area (TPSA) is 92.4 Å². The summed E-state index contributed by atoms with van der Waals surface area (Å²) in [5, 5.41) is 15.2. The fourth-order valence-corrected chi connectivity index (χ4v) is 2.06. The summed E-state index contributed by atoms with van der Waals surface area (Å²) in [5.74, 6) is -1.97. The first-order valence-electron chi connectivity index (χ1n) is 5.35. The summed E-state index contributed by atoms with van der Waals surface area (Å²) in [6.45, 7) is 1.65. The van der Waals surface area contributed by atoms with E-state index in [-0.39, 0.29) is 27.1 Å². The molecular weight excluding hydrogens is 307 g/mol. The van der Waals surface area contributed by atoms with Gasteiger partial charge in [-0.2, -0.15) is 0 Å². The van der Waals surface area contributed by atoms with Crippen molar-refractivity contribution in [1.82, 2.24) is 5.16 Å². The maximum absolute atomic E-state index is 11.9. The minimum atomic E-state index is -1.27. The Labute approximate surface area is 123 Å². The number of rotatable bonds is 3. The van der Waals surface area contributed by atoms with E-state index in [1.54, 1.807) is 6.92 Å². The van der Waals surface area contributed by atoms with E-state index in [0.29, 0.717) is 5.69 Å². The SMILES string of the molecule is Cc1cc(C(=O)Nc2c(Cl)cc(Cl)cc2C(=O)O)on1. The van der Waals surface area contributed by atoms with Crippen molar-refractivity contribution in [2.45, 2.75) is 6.92 Å². The number of carbonyl (C=O) groups is 2. The van der Waals surface area contributed by atoms with Crippen LogP contribution in [0.2, 0.25) is 10.0 Å². The van der Waals surface area contributed by atoms with E-state index < -0.39 is 11.9 Å². The van der Waals surface area contributed by atoms with Crippen molar-refractivity contribution in [2.75, 3.05) is 5.32 Å². The summed E-state index contributed by atoms with van der Waals surface area (Å²) < 4.78 is 4.78. The molecule has 1 amide bonds. The predicted octanol–water partition coefficient (Wildman–Crippen LogP) is 3.24. The summed E-state index contributed by atoms with van der Waals surface area (Å²) in [6.07, 6.45) is 0. The van der Waals surface area contributed by atoms with Crippen molar-refractivity contribution >= 4 is 40.8 Å². The van der Waals surface area contributed by atoms with Crippen LogP contribution in [0.4, 0.5) is 5.69 Å². The van der Waals surface area contributed by atoms with Crippen LogP contribution in [0.25, 0.3) is 0 Å². The van der Waals surface area contributed by atoms with Crippen LogP contribution in [0.3, 0.4) is 0 Å². The minimum absolute atomic E-state index is 0.0134. The lowest BCUT2D eigenvalue weighted by Crippen LogP contribution is -2.14. The summed E-state index contributed by atoms with van der Waals surface area (Å²) in [6, 6.07) is 3.94. The second-order valence-corrected chi connectivity index (χ2v) is 4.75. The molecule has 1 aromatic heterocycles. The molecule has 0 saturated heterocycles. The van der Waals surface area contributed by atoms with E-state index in [4.69, 9.17) is 32.8 Å². The molecule has 0 aliphatic rings. The zero-order chi connectivity index (χ0) is 14.9. The fraction of sp³-hybridized carbons (Fsp3) is 0.0833. The predicted molar refractivity (Wildman–Crippen MR) is 72.6 cm³/mol. The summed E-state index contributed by atoms with van der Waals surface area (Å²) in [4.78, 5) is 23.1. The Bertz CT molecular complexity index is 697. The normalized spacial score (nSPS) is 10.3. The average Bonchev–Trinajstić information content (AvgIpc) is 2.78. The maximum Gasteiger partial charge on any atom is 0.337 e. The highest BCUT2D eigenvalue weighted by molar-refractivity contribution is 6.38. The van der Waals surface area contributed by atoms with Crippen LogP contribution < -0.4 is 5.32 Å². The molecule has 0 atom stereocenters. The lowest BCUT2D eigenvalue weighted by molar-refractivity contribution is 0.0698. The molecule has 0 aliphatic heterocycles. The largest absolute Gasteiger partial charge is 0.478 e. The Morgan fingerprint density at radius 3 is 2.55 bits per heavy atom. The monoisotopic (exact) mass is 314 g/mol. The average molecular weight is 315 g/mol. The Kier molecular flexibility index (Phi) is 3.96. The lowest BCUT2D eigenvalue weighted by Gasteiger charge is -2.09. The summed E-state index contributed by atoms with van der Waals surface area (Å²) in [7, 11) is 0. The smallest absolute Gasteiger partial charge is 0.337 e. The molecule has 104 valence electrons. The fourth-order valence-electron chi connectivity index (χ4n) is 1.52. The van der Waals surface area contributed by atoms with Crippen molar-refractivity contribution in [3.05, 3.63) is 45.3 Å². The molecule has 0 fully saturated rings. The lowest BCUT2D eigenvalue weighted by atomic mass is 10.1. The molecule has 1 aromatic carbocycles. The van der Waals surface area contributed by atoms with Gasteiger partial charge in [0.25, 0.3) is 5.91 Å². The van der Waals surface area contributed by atoms with Gasteiger partial charge in [-0.05, 0) is 19.1 Å². The van der Waals surface area contributed by atoms with Crippen molar-refractivity contribution in [3.8, 4) is 0 Å². The quantitative estimate of drug-likeness (QED) is 0.907. The van der Waals surface area contributed by atoms with Gasteiger partial charge in [-0.25, -0.2) is 4.79 Å². The van der Waals surface area contributed by atoms with Gasteiger partial charge < -0.3 is 14.9 Å². The number of amides is 1. The molecule has 0 spiro atoms. The number of aromatic nitrogens is 1. The number of halogens is 2. The van der Waals surface area contributed by atoms with E-state index in [2.05, 4.69) is 10.5 Å². The maximum atomic E-state index is 11.9. The van der Waals surface area contributed by atoms with E-state index in [0.717, 1.165) is 0 Å². The minimum Gasteiger partial charge on any atom is -0.478 e. The zero-order valence-electron chi connectivity index (χ0n) is 10.1. The summed E-state index contributed by atoms with van der Waals surface area (Å²) >= 11 is 11.6. The van der Waals surface area contributed by atoms with Crippen molar-refractivity contribution < 1.29 is 19.2 Å². The molecule has 0 aliphatic carbocycles. The van der Waals surface area contributed by atoms with Gasteiger partial charge in [0, 0.05) is 11.1 Å². The van der Waals surface area contributed by atoms with Crippen molar-refractivity contribution in [3.63, 3.8) is 0 Å². The van der Waals surface area contributed by atoms with Crippen molar-refractivity contribution in [1.29, 1.82) is 0 Å². The van der Waals surface area contributed by atoms with Gasteiger partial charge in [-0.15, -0.1) is 0 Å². The molecule has 2 aromatic rings.